The van der Waals surface area contributed by atoms with Gasteiger partial charge in [-0.2, -0.15) is 26.3 Å². The van der Waals surface area contributed by atoms with E-state index in [0.29, 0.717) is 24.0 Å². The van der Waals surface area contributed by atoms with Crippen molar-refractivity contribution >= 4 is 11.7 Å². The minimum absolute atomic E-state index is 0.0190. The summed E-state index contributed by atoms with van der Waals surface area (Å²) in [6, 6.07) is 0.222. The summed E-state index contributed by atoms with van der Waals surface area (Å²) >= 11 is 0. The number of hydrogen-bond acceptors (Lipinski definition) is 2. The molecule has 4 nitrogen and oxygen atoms in total. The van der Waals surface area contributed by atoms with E-state index in [1.807, 2.05) is 6.08 Å². The topological polar surface area (TPSA) is 44.4 Å². The molecule has 4 rings (SSSR count). The Balaban J connectivity index is 1.64. The molecule has 0 saturated carbocycles. The molecular weight excluding hydrogens is 400 g/mol. The summed E-state index contributed by atoms with van der Waals surface area (Å²) in [5.41, 5.74) is -3.52. The van der Waals surface area contributed by atoms with Gasteiger partial charge < -0.3 is 10.6 Å². The molecule has 29 heavy (non-hydrogen) atoms. The lowest BCUT2D eigenvalue weighted by Crippen LogP contribution is -2.56. The molecule has 0 spiro atoms. The highest BCUT2D eigenvalue weighted by Crippen LogP contribution is 2.38. The number of piperidine rings is 3. The molecule has 3 fully saturated rings. The average molecular weight is 421 g/mol. The first-order valence-corrected chi connectivity index (χ1v) is 9.18. The number of amides is 2. The Morgan fingerprint density at radius 2 is 1.76 bits per heavy atom. The molecule has 2 N–H and O–H groups in total. The van der Waals surface area contributed by atoms with Crippen LogP contribution >= 0.6 is 0 Å². The van der Waals surface area contributed by atoms with E-state index in [9.17, 15) is 31.1 Å². The monoisotopic (exact) mass is 421 g/mol. The van der Waals surface area contributed by atoms with Crippen molar-refractivity contribution in [2.24, 2.45) is 11.8 Å². The number of nitrogens with one attached hydrogen (secondary N) is 2. The van der Waals surface area contributed by atoms with Crippen molar-refractivity contribution < 1.29 is 31.1 Å². The van der Waals surface area contributed by atoms with E-state index in [1.54, 1.807) is 0 Å². The van der Waals surface area contributed by atoms with Crippen molar-refractivity contribution in [2.45, 2.75) is 31.2 Å². The highest BCUT2D eigenvalue weighted by molar-refractivity contribution is 5.89. The van der Waals surface area contributed by atoms with Crippen LogP contribution in [0.1, 0.15) is 24.0 Å². The van der Waals surface area contributed by atoms with E-state index in [4.69, 9.17) is 0 Å². The average Bonchev–Trinajstić information content (AvgIpc) is 2.65. The van der Waals surface area contributed by atoms with Crippen LogP contribution in [0.2, 0.25) is 0 Å². The molecule has 0 radical (unpaired) electrons. The maximum atomic E-state index is 12.9. The number of alkyl halides is 6. The number of rotatable bonds is 4. The normalized spacial score (nSPS) is 26.8. The van der Waals surface area contributed by atoms with Crippen molar-refractivity contribution in [3.8, 4) is 0 Å². The van der Waals surface area contributed by atoms with E-state index in [2.05, 4.69) is 22.1 Å². The first-order chi connectivity index (χ1) is 13.5. The number of carbonyl (C=O) groups excluding carboxylic acids is 1. The van der Waals surface area contributed by atoms with Gasteiger partial charge in [0.15, 0.2) is 0 Å². The maximum absolute atomic E-state index is 12.9. The number of hydrogen-bond donors (Lipinski definition) is 2. The van der Waals surface area contributed by atoms with Gasteiger partial charge in [0.1, 0.15) is 0 Å². The van der Waals surface area contributed by atoms with Crippen molar-refractivity contribution in [1.29, 1.82) is 0 Å². The molecule has 2 amide bonds. The molecular formula is C19H21F6N3O. The van der Waals surface area contributed by atoms with Gasteiger partial charge in [-0.1, -0.05) is 6.08 Å². The van der Waals surface area contributed by atoms with Crippen LogP contribution in [0.5, 0.6) is 0 Å². The second kappa shape index (κ2) is 7.89. The highest BCUT2D eigenvalue weighted by Gasteiger charge is 2.39. The van der Waals surface area contributed by atoms with Crippen molar-refractivity contribution in [2.75, 3.05) is 25.0 Å². The third-order valence-electron chi connectivity index (χ3n) is 5.58. The largest absolute Gasteiger partial charge is 0.416 e. The minimum atomic E-state index is -4.97. The SMILES string of the molecule is C=C[C@H]1CN2CC[C@H]1C[C@H]2CNC(=O)Nc1cc(C(F)(F)F)cc(C(F)(F)F)c1. The summed E-state index contributed by atoms with van der Waals surface area (Å²) < 4.78 is 77.4. The molecule has 0 aromatic heterocycles. The van der Waals surface area contributed by atoms with Gasteiger partial charge in [-0.3, -0.25) is 4.90 Å². The molecule has 1 unspecified atom stereocenters. The summed E-state index contributed by atoms with van der Waals surface area (Å²) in [7, 11) is 0. The van der Waals surface area contributed by atoms with Gasteiger partial charge in [0.2, 0.25) is 0 Å². The molecule has 3 aliphatic heterocycles. The van der Waals surface area contributed by atoms with Crippen LogP contribution in [-0.2, 0) is 12.4 Å². The Labute approximate surface area is 163 Å². The molecule has 3 saturated heterocycles. The lowest BCUT2D eigenvalue weighted by atomic mass is 9.75. The second-order valence-corrected chi connectivity index (χ2v) is 7.46. The van der Waals surface area contributed by atoms with Gasteiger partial charge in [0, 0.05) is 24.8 Å². The smallest absolute Gasteiger partial charge is 0.336 e. The summed E-state index contributed by atoms with van der Waals surface area (Å²) in [5.74, 6) is 0.880. The molecule has 1 aromatic rings. The number of halogens is 6. The van der Waals surface area contributed by atoms with Crippen LogP contribution in [0.3, 0.4) is 0 Å². The molecule has 2 bridgehead atoms. The first kappa shape index (κ1) is 21.5. The third kappa shape index (κ3) is 5.04. The van der Waals surface area contributed by atoms with Crippen LogP contribution in [0.25, 0.3) is 0 Å². The van der Waals surface area contributed by atoms with Crippen LogP contribution in [0, 0.1) is 11.8 Å². The van der Waals surface area contributed by atoms with E-state index >= 15 is 0 Å². The zero-order valence-electron chi connectivity index (χ0n) is 15.4. The second-order valence-electron chi connectivity index (χ2n) is 7.46. The summed E-state index contributed by atoms with van der Waals surface area (Å²) in [5, 5.41) is 4.64. The first-order valence-electron chi connectivity index (χ1n) is 9.18. The predicted molar refractivity (Wildman–Crippen MR) is 95.2 cm³/mol. The summed E-state index contributed by atoms with van der Waals surface area (Å²) in [6.45, 7) is 5.82. The Morgan fingerprint density at radius 1 is 1.14 bits per heavy atom. The zero-order valence-corrected chi connectivity index (χ0v) is 15.4. The Kier molecular flexibility index (Phi) is 5.84. The predicted octanol–water partition coefficient (Wildman–Crippen LogP) is 4.74. The van der Waals surface area contributed by atoms with Gasteiger partial charge >= 0.3 is 18.4 Å². The Morgan fingerprint density at radius 3 is 2.24 bits per heavy atom. The number of fused-ring (bicyclic) bond motifs is 3. The molecule has 1 aromatic carbocycles. The Bertz CT molecular complexity index is 744. The van der Waals surface area contributed by atoms with Gasteiger partial charge in [0.25, 0.3) is 0 Å². The number of carbonyl (C=O) groups is 1. The highest BCUT2D eigenvalue weighted by atomic mass is 19.4. The number of benzene rings is 1. The van der Waals surface area contributed by atoms with Gasteiger partial charge in [-0.15, -0.1) is 6.58 Å². The van der Waals surface area contributed by atoms with Crippen LogP contribution in [-0.4, -0.2) is 36.6 Å². The molecule has 3 aliphatic rings. The minimum Gasteiger partial charge on any atom is -0.336 e. The summed E-state index contributed by atoms with van der Waals surface area (Å²) in [4.78, 5) is 14.3. The maximum Gasteiger partial charge on any atom is 0.416 e. The molecule has 4 atom stereocenters. The molecule has 10 heteroatoms. The van der Waals surface area contributed by atoms with Gasteiger partial charge in [-0.05, 0) is 49.4 Å². The Hall–Kier alpha value is -2.23. The zero-order chi connectivity index (χ0) is 21.4. The van der Waals surface area contributed by atoms with Crippen molar-refractivity contribution in [3.05, 3.63) is 42.0 Å². The fourth-order valence-electron chi connectivity index (χ4n) is 4.07. The van der Waals surface area contributed by atoms with E-state index in [0.717, 1.165) is 25.9 Å². The van der Waals surface area contributed by atoms with E-state index in [-0.39, 0.29) is 18.7 Å². The molecule has 3 heterocycles. The number of anilines is 1. The molecule has 0 aliphatic carbocycles. The lowest BCUT2D eigenvalue weighted by Gasteiger charge is -2.49. The van der Waals surface area contributed by atoms with Gasteiger partial charge in [-0.25, -0.2) is 4.79 Å². The van der Waals surface area contributed by atoms with Crippen LogP contribution in [0.15, 0.2) is 30.9 Å². The van der Waals surface area contributed by atoms with E-state index in [1.165, 1.54) is 0 Å². The van der Waals surface area contributed by atoms with Gasteiger partial charge in [0.05, 0.1) is 11.1 Å². The third-order valence-corrected chi connectivity index (χ3v) is 5.58. The summed E-state index contributed by atoms with van der Waals surface area (Å²) in [6.07, 6.45) is -6.10. The van der Waals surface area contributed by atoms with Crippen molar-refractivity contribution in [3.63, 3.8) is 0 Å². The fourth-order valence-corrected chi connectivity index (χ4v) is 4.07. The van der Waals surface area contributed by atoms with E-state index < -0.39 is 35.2 Å². The number of nitrogens with zero attached hydrogens (tertiary/aromatic N) is 1. The number of urea groups is 1. The lowest BCUT2D eigenvalue weighted by molar-refractivity contribution is -0.143. The molecule has 160 valence electrons. The quantitative estimate of drug-likeness (QED) is 0.545. The van der Waals surface area contributed by atoms with Crippen LogP contribution in [0.4, 0.5) is 36.8 Å². The fraction of sp³-hybridized carbons (Fsp3) is 0.526. The van der Waals surface area contributed by atoms with Crippen LogP contribution < -0.4 is 10.6 Å². The van der Waals surface area contributed by atoms with Crippen molar-refractivity contribution in [1.82, 2.24) is 10.2 Å². The standard InChI is InChI=1S/C19H21F6N3O/c1-2-11-10-28-4-3-12(11)5-16(28)9-26-17(29)27-15-7-13(18(20,21)22)6-14(8-15)19(23,24)25/h2,6-8,11-12,16H,1,3-5,9-10H2,(H2,26,27,29)/t11-,12-,16-/m0/s1.